The number of piperidine rings is 1. The number of hydrogen-bond donors (Lipinski definition) is 2. The zero-order valence-electron chi connectivity index (χ0n) is 13.1. The molecule has 1 aliphatic carbocycles. The van der Waals surface area contributed by atoms with Crippen molar-refractivity contribution in [2.75, 3.05) is 25.0 Å². The van der Waals surface area contributed by atoms with E-state index in [-0.39, 0.29) is 11.1 Å². The molecule has 0 amide bonds. The van der Waals surface area contributed by atoms with Gasteiger partial charge in [0, 0.05) is 25.0 Å². The average Bonchev–Trinajstić information content (AvgIpc) is 3.16. The van der Waals surface area contributed by atoms with Crippen LogP contribution in [-0.4, -0.2) is 40.6 Å². The molecule has 1 aromatic rings. The van der Waals surface area contributed by atoms with E-state index in [4.69, 9.17) is 0 Å². The minimum atomic E-state index is -0.918. The summed E-state index contributed by atoms with van der Waals surface area (Å²) < 4.78 is 0. The van der Waals surface area contributed by atoms with Crippen LogP contribution < -0.4 is 5.32 Å². The number of pyridine rings is 1. The molecular formula is C17H23N3O2. The van der Waals surface area contributed by atoms with Gasteiger partial charge in [-0.25, -0.2) is 9.78 Å². The van der Waals surface area contributed by atoms with Crippen LogP contribution in [0.2, 0.25) is 0 Å². The van der Waals surface area contributed by atoms with E-state index in [9.17, 15) is 9.90 Å². The molecule has 3 heterocycles. The minimum Gasteiger partial charge on any atom is -0.477 e. The van der Waals surface area contributed by atoms with Crippen molar-refractivity contribution in [2.45, 2.75) is 44.6 Å². The van der Waals surface area contributed by atoms with E-state index in [0.29, 0.717) is 0 Å². The summed E-state index contributed by atoms with van der Waals surface area (Å²) in [5, 5.41) is 12.9. The number of carbonyl (C=O) groups is 1. The summed E-state index contributed by atoms with van der Waals surface area (Å²) in [5.41, 5.74) is 3.56. The quantitative estimate of drug-likeness (QED) is 0.898. The molecule has 5 nitrogen and oxygen atoms in total. The Kier molecular flexibility index (Phi) is 3.15. The Morgan fingerprint density at radius 3 is 3.05 bits per heavy atom. The van der Waals surface area contributed by atoms with Crippen LogP contribution >= 0.6 is 0 Å². The maximum absolute atomic E-state index is 11.4. The summed E-state index contributed by atoms with van der Waals surface area (Å²) >= 11 is 0. The van der Waals surface area contributed by atoms with Crippen LogP contribution in [0.1, 0.15) is 54.4 Å². The number of anilines is 1. The number of hydrogen-bond acceptors (Lipinski definition) is 4. The van der Waals surface area contributed by atoms with Crippen LogP contribution in [-0.2, 0) is 12.0 Å². The number of likely N-dealkylation sites (tertiary alicyclic amines) is 1. The molecule has 0 aromatic carbocycles. The highest BCUT2D eigenvalue weighted by atomic mass is 16.4. The van der Waals surface area contributed by atoms with Gasteiger partial charge in [0.05, 0.1) is 11.4 Å². The molecule has 22 heavy (non-hydrogen) atoms. The lowest BCUT2D eigenvalue weighted by atomic mass is 9.98. The van der Waals surface area contributed by atoms with Gasteiger partial charge in [0.1, 0.15) is 5.69 Å². The van der Waals surface area contributed by atoms with Gasteiger partial charge >= 0.3 is 5.97 Å². The normalized spacial score (nSPS) is 25.8. The molecule has 118 valence electrons. The third kappa shape index (κ3) is 2.28. The molecule has 5 heteroatoms. The predicted molar refractivity (Wildman–Crippen MR) is 84.3 cm³/mol. The van der Waals surface area contributed by atoms with Gasteiger partial charge in [0.2, 0.25) is 0 Å². The van der Waals surface area contributed by atoms with Gasteiger partial charge in [-0.2, -0.15) is 0 Å². The monoisotopic (exact) mass is 301 g/mol. The second-order valence-corrected chi connectivity index (χ2v) is 7.31. The van der Waals surface area contributed by atoms with Crippen LogP contribution in [0.15, 0.2) is 6.07 Å². The number of fused-ring (bicyclic) bond motifs is 2. The van der Waals surface area contributed by atoms with Crippen LogP contribution in [0.5, 0.6) is 0 Å². The van der Waals surface area contributed by atoms with Crippen LogP contribution in [0.3, 0.4) is 0 Å². The first-order valence-corrected chi connectivity index (χ1v) is 8.31. The van der Waals surface area contributed by atoms with Crippen molar-refractivity contribution >= 4 is 11.7 Å². The Hall–Kier alpha value is -1.62. The van der Waals surface area contributed by atoms with E-state index in [1.807, 2.05) is 0 Å². The molecule has 0 radical (unpaired) electrons. The third-order valence-corrected chi connectivity index (χ3v) is 5.41. The predicted octanol–water partition coefficient (Wildman–Crippen LogP) is 2.47. The Morgan fingerprint density at radius 1 is 1.55 bits per heavy atom. The zero-order valence-corrected chi connectivity index (χ0v) is 13.1. The van der Waals surface area contributed by atoms with E-state index >= 15 is 0 Å². The van der Waals surface area contributed by atoms with Crippen molar-refractivity contribution in [3.63, 3.8) is 0 Å². The first-order chi connectivity index (χ1) is 10.6. The minimum absolute atomic E-state index is 0.130. The number of aromatic nitrogens is 1. The maximum atomic E-state index is 11.4. The van der Waals surface area contributed by atoms with Crippen LogP contribution in [0.4, 0.5) is 5.69 Å². The van der Waals surface area contributed by atoms with E-state index in [0.717, 1.165) is 61.9 Å². The lowest BCUT2D eigenvalue weighted by molar-refractivity contribution is 0.0690. The number of carboxylic acid groups (broad SMARTS) is 1. The molecule has 1 saturated carbocycles. The number of aromatic carboxylic acids is 1. The number of nitrogens with one attached hydrogen (secondary N) is 1. The maximum Gasteiger partial charge on any atom is 0.354 e. The van der Waals surface area contributed by atoms with Gasteiger partial charge in [-0.05, 0) is 49.8 Å². The van der Waals surface area contributed by atoms with Gasteiger partial charge in [-0.1, -0.05) is 6.92 Å². The molecule has 3 aliphatic rings. The standard InChI is InChI=1S/C17H23N3O2/c1-11-3-2-6-20(8-11)9-12-7-13(16(21)22)19-15-14(12)18-10-17(15)4-5-17/h7,11,18H,2-6,8-10H2,1H3,(H,21,22)/t11-/m1/s1. The summed E-state index contributed by atoms with van der Waals surface area (Å²) in [6.45, 7) is 6.25. The topological polar surface area (TPSA) is 65.5 Å². The smallest absolute Gasteiger partial charge is 0.354 e. The summed E-state index contributed by atoms with van der Waals surface area (Å²) in [4.78, 5) is 18.3. The molecule has 0 bridgehead atoms. The molecule has 2 aliphatic heterocycles. The van der Waals surface area contributed by atoms with E-state index < -0.39 is 5.97 Å². The van der Waals surface area contributed by atoms with Crippen molar-refractivity contribution in [2.24, 2.45) is 5.92 Å². The molecule has 1 aromatic heterocycles. The SMILES string of the molecule is C[C@@H]1CCCN(Cc2cc(C(=O)O)nc3c2NCC32CC2)C1. The third-order valence-electron chi connectivity index (χ3n) is 5.41. The van der Waals surface area contributed by atoms with Gasteiger partial charge in [-0.15, -0.1) is 0 Å². The lowest BCUT2D eigenvalue weighted by Gasteiger charge is -2.31. The molecular weight excluding hydrogens is 278 g/mol. The largest absolute Gasteiger partial charge is 0.477 e. The number of carboxylic acids is 1. The van der Waals surface area contributed by atoms with Gasteiger partial charge < -0.3 is 10.4 Å². The molecule has 1 saturated heterocycles. The zero-order chi connectivity index (χ0) is 15.3. The Morgan fingerprint density at radius 2 is 2.36 bits per heavy atom. The molecule has 2 N–H and O–H groups in total. The molecule has 4 rings (SSSR count). The second kappa shape index (κ2) is 4.95. The Bertz CT molecular complexity index is 625. The van der Waals surface area contributed by atoms with Gasteiger partial charge in [0.25, 0.3) is 0 Å². The van der Waals surface area contributed by atoms with Crippen molar-refractivity contribution < 1.29 is 9.90 Å². The van der Waals surface area contributed by atoms with E-state index in [1.165, 1.54) is 12.8 Å². The fraction of sp³-hybridized carbons (Fsp3) is 0.647. The first kappa shape index (κ1) is 14.0. The van der Waals surface area contributed by atoms with Gasteiger partial charge in [0.15, 0.2) is 0 Å². The molecule has 1 atom stereocenters. The summed E-state index contributed by atoms with van der Waals surface area (Å²) in [5.74, 6) is -0.191. The highest BCUT2D eigenvalue weighted by Gasteiger charge is 2.51. The van der Waals surface area contributed by atoms with E-state index in [2.05, 4.69) is 22.1 Å². The second-order valence-electron chi connectivity index (χ2n) is 7.31. The first-order valence-electron chi connectivity index (χ1n) is 8.31. The van der Waals surface area contributed by atoms with Crippen molar-refractivity contribution in [3.8, 4) is 0 Å². The fourth-order valence-corrected chi connectivity index (χ4v) is 3.99. The summed E-state index contributed by atoms with van der Waals surface area (Å²) in [7, 11) is 0. The number of nitrogens with zero attached hydrogens (tertiary/aromatic N) is 2. The van der Waals surface area contributed by atoms with E-state index in [1.54, 1.807) is 6.07 Å². The fourth-order valence-electron chi connectivity index (χ4n) is 3.99. The van der Waals surface area contributed by atoms with Crippen LogP contribution in [0.25, 0.3) is 0 Å². The average molecular weight is 301 g/mol. The van der Waals surface area contributed by atoms with Crippen molar-refractivity contribution in [3.05, 3.63) is 23.0 Å². The molecule has 1 spiro atoms. The number of rotatable bonds is 3. The van der Waals surface area contributed by atoms with Gasteiger partial charge in [-0.3, -0.25) is 4.90 Å². The van der Waals surface area contributed by atoms with Crippen molar-refractivity contribution in [1.82, 2.24) is 9.88 Å². The summed E-state index contributed by atoms with van der Waals surface area (Å²) in [6, 6.07) is 1.77. The molecule has 2 fully saturated rings. The highest BCUT2D eigenvalue weighted by Crippen LogP contribution is 2.54. The van der Waals surface area contributed by atoms with Crippen molar-refractivity contribution in [1.29, 1.82) is 0 Å². The Labute approximate surface area is 130 Å². The lowest BCUT2D eigenvalue weighted by Crippen LogP contribution is -2.34. The van der Waals surface area contributed by atoms with Crippen LogP contribution in [0, 0.1) is 5.92 Å². The Balaban J connectivity index is 1.68. The summed E-state index contributed by atoms with van der Waals surface area (Å²) in [6.07, 6.45) is 4.79. The molecule has 0 unspecified atom stereocenters. The highest BCUT2D eigenvalue weighted by molar-refractivity contribution is 5.87.